The van der Waals surface area contributed by atoms with Gasteiger partial charge < -0.3 is 14.2 Å². The van der Waals surface area contributed by atoms with Gasteiger partial charge in [-0.25, -0.2) is 4.79 Å². The van der Waals surface area contributed by atoms with Crippen LogP contribution in [0.3, 0.4) is 0 Å². The number of nitrogens with zero attached hydrogens (tertiary/aromatic N) is 3. The highest BCUT2D eigenvalue weighted by Crippen LogP contribution is 2.17. The number of benzene rings is 1. The molecule has 1 aromatic carbocycles. The van der Waals surface area contributed by atoms with Crippen LogP contribution in [0.2, 0.25) is 0 Å². The Labute approximate surface area is 121 Å². The van der Waals surface area contributed by atoms with Crippen molar-refractivity contribution in [1.29, 1.82) is 0 Å². The first kappa shape index (κ1) is 14.7. The van der Waals surface area contributed by atoms with Crippen molar-refractivity contribution in [3.05, 3.63) is 34.9 Å². The molecular weight excluding hydrogens is 274 g/mol. The van der Waals surface area contributed by atoms with E-state index in [0.29, 0.717) is 5.56 Å². The van der Waals surface area contributed by atoms with Gasteiger partial charge >= 0.3 is 24.0 Å². The maximum atomic E-state index is 12.2. The van der Waals surface area contributed by atoms with Crippen molar-refractivity contribution >= 4 is 5.97 Å². The van der Waals surface area contributed by atoms with Crippen LogP contribution >= 0.6 is 0 Å². The molecule has 0 saturated carbocycles. The second-order valence-corrected chi connectivity index (χ2v) is 4.23. The van der Waals surface area contributed by atoms with Gasteiger partial charge in [-0.3, -0.25) is 0 Å². The predicted octanol–water partition coefficient (Wildman–Crippen LogP) is 1.72. The Morgan fingerprint density at radius 3 is 2.10 bits per heavy atom. The van der Waals surface area contributed by atoms with E-state index >= 15 is 0 Å². The second-order valence-electron chi connectivity index (χ2n) is 4.23. The number of rotatable bonds is 4. The molecule has 0 amide bonds. The zero-order valence-electron chi connectivity index (χ0n) is 12.2. The van der Waals surface area contributed by atoms with E-state index < -0.39 is 5.97 Å². The molecule has 0 aliphatic rings. The summed E-state index contributed by atoms with van der Waals surface area (Å²) in [6, 6.07) is 5.22. The fourth-order valence-electron chi connectivity index (χ4n) is 1.66. The number of hydrogen-bond donors (Lipinski definition) is 0. The van der Waals surface area contributed by atoms with Crippen molar-refractivity contribution in [3.8, 4) is 18.0 Å². The van der Waals surface area contributed by atoms with Crippen LogP contribution in [-0.2, 0) is 0 Å². The number of ether oxygens (including phenoxy) is 3. The summed E-state index contributed by atoms with van der Waals surface area (Å²) >= 11 is 0. The van der Waals surface area contributed by atoms with Crippen LogP contribution in [0.1, 0.15) is 21.5 Å². The first-order chi connectivity index (χ1) is 10.0. The third-order valence-electron chi connectivity index (χ3n) is 2.95. The third-order valence-corrected chi connectivity index (χ3v) is 2.95. The molecule has 0 aliphatic carbocycles. The third kappa shape index (κ3) is 3.25. The highest BCUT2D eigenvalue weighted by molar-refractivity contribution is 5.92. The van der Waals surface area contributed by atoms with E-state index in [1.165, 1.54) is 14.2 Å². The van der Waals surface area contributed by atoms with Gasteiger partial charge in [-0.05, 0) is 31.0 Å². The van der Waals surface area contributed by atoms with Gasteiger partial charge in [0, 0.05) is 0 Å². The summed E-state index contributed by atoms with van der Waals surface area (Å²) in [7, 11) is 2.79. The van der Waals surface area contributed by atoms with Crippen LogP contribution in [0.4, 0.5) is 0 Å². The zero-order chi connectivity index (χ0) is 15.4. The van der Waals surface area contributed by atoms with Gasteiger partial charge in [-0.15, -0.1) is 15.0 Å². The smallest absolute Gasteiger partial charge is 0.346 e. The van der Waals surface area contributed by atoms with Crippen LogP contribution in [-0.4, -0.2) is 35.1 Å². The molecule has 2 aromatic rings. The maximum Gasteiger partial charge on any atom is 0.346 e. The van der Waals surface area contributed by atoms with Crippen molar-refractivity contribution in [2.45, 2.75) is 13.8 Å². The van der Waals surface area contributed by atoms with E-state index in [0.717, 1.165) is 11.1 Å². The van der Waals surface area contributed by atoms with E-state index in [4.69, 9.17) is 14.2 Å². The largest absolute Gasteiger partial charge is 0.467 e. The van der Waals surface area contributed by atoms with E-state index in [9.17, 15) is 4.79 Å². The second kappa shape index (κ2) is 6.17. The predicted molar refractivity (Wildman–Crippen MR) is 73.8 cm³/mol. The van der Waals surface area contributed by atoms with E-state index in [-0.39, 0.29) is 18.0 Å². The quantitative estimate of drug-likeness (QED) is 0.792. The van der Waals surface area contributed by atoms with Gasteiger partial charge in [0.25, 0.3) is 0 Å². The Bertz CT molecular complexity index is 651. The molecule has 1 heterocycles. The number of carbonyl (C=O) groups is 1. The number of hydrogen-bond acceptors (Lipinski definition) is 7. The minimum Gasteiger partial charge on any atom is -0.467 e. The normalized spacial score (nSPS) is 10.1. The fraction of sp³-hybridized carbons (Fsp3) is 0.286. The number of methoxy groups -OCH3 is 2. The maximum absolute atomic E-state index is 12.2. The number of aryl methyl sites for hydroxylation is 1. The van der Waals surface area contributed by atoms with Crippen molar-refractivity contribution in [3.63, 3.8) is 0 Å². The molecule has 0 atom stereocenters. The average molecular weight is 289 g/mol. The molecule has 110 valence electrons. The lowest BCUT2D eigenvalue weighted by Crippen LogP contribution is -2.13. The minimum absolute atomic E-state index is 0.00520. The summed E-state index contributed by atoms with van der Waals surface area (Å²) in [5.41, 5.74) is 2.29. The zero-order valence-corrected chi connectivity index (χ0v) is 12.2. The Kier molecular flexibility index (Phi) is 4.32. The standard InChI is InChI=1S/C14H15N3O4/c1-8-6-5-7-10(9(8)2)11(18)21-14-16-12(19-3)15-13(17-14)20-4/h5-7H,1-4H3. The topological polar surface area (TPSA) is 83.4 Å². The van der Waals surface area contributed by atoms with Gasteiger partial charge in [0.05, 0.1) is 19.8 Å². The van der Waals surface area contributed by atoms with E-state index in [2.05, 4.69) is 15.0 Å². The molecule has 1 aromatic heterocycles. The molecule has 0 aliphatic heterocycles. The number of esters is 1. The summed E-state index contributed by atoms with van der Waals surface area (Å²) < 4.78 is 14.9. The molecule has 0 saturated heterocycles. The Hall–Kier alpha value is -2.70. The lowest BCUT2D eigenvalue weighted by atomic mass is 10.0. The summed E-state index contributed by atoms with van der Waals surface area (Å²) in [5.74, 6) is -0.550. The highest BCUT2D eigenvalue weighted by Gasteiger charge is 2.16. The first-order valence-corrected chi connectivity index (χ1v) is 6.17. The Balaban J connectivity index is 2.29. The van der Waals surface area contributed by atoms with Crippen molar-refractivity contribution < 1.29 is 19.0 Å². The Morgan fingerprint density at radius 1 is 0.952 bits per heavy atom. The molecule has 0 N–H and O–H groups in total. The number of carbonyl (C=O) groups excluding carboxylic acids is 1. The SMILES string of the molecule is COc1nc(OC)nc(OC(=O)c2cccc(C)c2C)n1. The van der Waals surface area contributed by atoms with Gasteiger partial charge in [-0.1, -0.05) is 12.1 Å². The molecule has 7 nitrogen and oxygen atoms in total. The molecule has 0 fully saturated rings. The molecule has 0 radical (unpaired) electrons. The van der Waals surface area contributed by atoms with E-state index in [1.54, 1.807) is 12.1 Å². The molecule has 0 unspecified atom stereocenters. The summed E-state index contributed by atoms with van der Waals surface area (Å²) in [6.07, 6.45) is 0. The lowest BCUT2D eigenvalue weighted by molar-refractivity contribution is 0.0715. The van der Waals surface area contributed by atoms with Crippen LogP contribution in [0, 0.1) is 13.8 Å². The van der Waals surface area contributed by atoms with E-state index in [1.807, 2.05) is 19.9 Å². The van der Waals surface area contributed by atoms with Crippen molar-refractivity contribution in [1.82, 2.24) is 15.0 Å². The Morgan fingerprint density at radius 2 is 1.52 bits per heavy atom. The highest BCUT2D eigenvalue weighted by atomic mass is 16.6. The van der Waals surface area contributed by atoms with Crippen molar-refractivity contribution in [2.75, 3.05) is 14.2 Å². The van der Waals surface area contributed by atoms with Crippen LogP contribution in [0.25, 0.3) is 0 Å². The average Bonchev–Trinajstić information content (AvgIpc) is 2.49. The van der Waals surface area contributed by atoms with Gasteiger partial charge in [0.15, 0.2) is 0 Å². The fourth-order valence-corrected chi connectivity index (χ4v) is 1.66. The minimum atomic E-state index is -0.550. The van der Waals surface area contributed by atoms with Crippen molar-refractivity contribution in [2.24, 2.45) is 0 Å². The van der Waals surface area contributed by atoms with Gasteiger partial charge in [0.2, 0.25) is 0 Å². The summed E-state index contributed by atoms with van der Waals surface area (Å²) in [6.45, 7) is 3.77. The molecular formula is C14H15N3O4. The number of aromatic nitrogens is 3. The van der Waals surface area contributed by atoms with Crippen LogP contribution in [0.15, 0.2) is 18.2 Å². The van der Waals surface area contributed by atoms with Crippen LogP contribution < -0.4 is 14.2 Å². The summed E-state index contributed by atoms with van der Waals surface area (Å²) in [5, 5.41) is 0. The molecule has 21 heavy (non-hydrogen) atoms. The first-order valence-electron chi connectivity index (χ1n) is 6.17. The molecule has 0 bridgehead atoms. The lowest BCUT2D eigenvalue weighted by Gasteiger charge is -2.08. The van der Waals surface area contributed by atoms with Crippen LogP contribution in [0.5, 0.6) is 18.0 Å². The molecule has 2 rings (SSSR count). The monoisotopic (exact) mass is 289 g/mol. The molecule has 7 heteroatoms. The van der Waals surface area contributed by atoms with Gasteiger partial charge in [0.1, 0.15) is 0 Å². The van der Waals surface area contributed by atoms with Gasteiger partial charge in [-0.2, -0.15) is 0 Å². The summed E-state index contributed by atoms with van der Waals surface area (Å²) in [4.78, 5) is 23.7. The molecule has 0 spiro atoms.